The van der Waals surface area contributed by atoms with E-state index in [1.807, 2.05) is 18.3 Å². The van der Waals surface area contributed by atoms with Crippen molar-refractivity contribution < 1.29 is 5.11 Å². The maximum absolute atomic E-state index is 9.66. The highest BCUT2D eigenvalue weighted by atomic mass is 16.3. The minimum atomic E-state index is -0.0132. The van der Waals surface area contributed by atoms with Crippen molar-refractivity contribution in [3.8, 4) is 5.75 Å². The first-order chi connectivity index (χ1) is 9.16. The van der Waals surface area contributed by atoms with Gasteiger partial charge in [0.2, 0.25) is 0 Å². The number of hydrogen-bond donors (Lipinski definition) is 2. The Morgan fingerprint density at radius 1 is 1.26 bits per heavy atom. The zero-order valence-electron chi connectivity index (χ0n) is 10.7. The lowest BCUT2D eigenvalue weighted by Crippen LogP contribution is -2.69. The number of pyridine rings is 1. The van der Waals surface area contributed by atoms with Gasteiger partial charge in [-0.25, -0.2) is 4.98 Å². The van der Waals surface area contributed by atoms with Crippen LogP contribution in [0.5, 0.6) is 5.75 Å². The monoisotopic (exact) mass is 255 g/mol. The van der Waals surface area contributed by atoms with Gasteiger partial charge in [-0.2, -0.15) is 0 Å². The van der Waals surface area contributed by atoms with E-state index in [0.717, 1.165) is 29.7 Å². The maximum Gasteiger partial charge on any atom is 0.136 e. The molecule has 4 rings (SSSR count). The van der Waals surface area contributed by atoms with Crippen LogP contribution in [0.4, 0.5) is 5.82 Å². The van der Waals surface area contributed by atoms with Crippen molar-refractivity contribution in [1.82, 2.24) is 4.98 Å². The van der Waals surface area contributed by atoms with Crippen molar-refractivity contribution in [3.05, 3.63) is 30.5 Å². The largest absolute Gasteiger partial charge is 0.508 e. The fourth-order valence-electron chi connectivity index (χ4n) is 3.12. The second kappa shape index (κ2) is 3.61. The van der Waals surface area contributed by atoms with Crippen LogP contribution in [0.15, 0.2) is 30.5 Å². The summed E-state index contributed by atoms with van der Waals surface area (Å²) in [6.45, 7) is 1.75. The fourth-order valence-corrected chi connectivity index (χ4v) is 3.12. The van der Waals surface area contributed by atoms with Crippen molar-refractivity contribution in [2.75, 3.05) is 18.0 Å². The summed E-state index contributed by atoms with van der Waals surface area (Å²) in [6, 6.07) is 7.38. The Labute approximate surface area is 111 Å². The van der Waals surface area contributed by atoms with Gasteiger partial charge < -0.3 is 15.7 Å². The van der Waals surface area contributed by atoms with Gasteiger partial charge in [0.05, 0.1) is 5.54 Å². The number of anilines is 1. The highest BCUT2D eigenvalue weighted by Gasteiger charge is 2.50. The Balaban J connectivity index is 1.70. The molecular weight excluding hydrogens is 238 g/mol. The molecule has 0 bridgehead atoms. The average molecular weight is 255 g/mol. The van der Waals surface area contributed by atoms with E-state index >= 15 is 0 Å². The zero-order valence-corrected chi connectivity index (χ0v) is 10.7. The van der Waals surface area contributed by atoms with Crippen molar-refractivity contribution in [2.24, 2.45) is 11.7 Å². The van der Waals surface area contributed by atoms with Crippen molar-refractivity contribution >= 4 is 16.6 Å². The van der Waals surface area contributed by atoms with Crippen LogP contribution in [0.2, 0.25) is 0 Å². The molecule has 4 heteroatoms. The molecule has 2 heterocycles. The third-order valence-corrected chi connectivity index (χ3v) is 4.39. The second-order valence-electron chi connectivity index (χ2n) is 5.90. The summed E-state index contributed by atoms with van der Waals surface area (Å²) in [4.78, 5) is 6.70. The van der Waals surface area contributed by atoms with Crippen molar-refractivity contribution in [2.45, 2.75) is 18.4 Å². The normalized spacial score (nSPS) is 21.4. The van der Waals surface area contributed by atoms with Gasteiger partial charge in [-0.15, -0.1) is 0 Å². The SMILES string of the molecule is NC1(C2CC2)CN(c2nccc3ccc(O)cc23)C1. The summed E-state index contributed by atoms with van der Waals surface area (Å²) >= 11 is 0. The number of phenols is 1. The number of aromatic nitrogens is 1. The molecule has 1 saturated heterocycles. The summed E-state index contributed by atoms with van der Waals surface area (Å²) in [5, 5.41) is 11.8. The van der Waals surface area contributed by atoms with E-state index in [2.05, 4.69) is 9.88 Å². The molecule has 1 aliphatic carbocycles. The summed E-state index contributed by atoms with van der Waals surface area (Å²) in [6.07, 6.45) is 4.37. The fraction of sp³-hybridized carbons (Fsp3) is 0.400. The van der Waals surface area contributed by atoms with Gasteiger partial charge in [0.25, 0.3) is 0 Å². The molecule has 0 spiro atoms. The number of fused-ring (bicyclic) bond motifs is 1. The summed E-state index contributed by atoms with van der Waals surface area (Å²) in [5.41, 5.74) is 6.38. The standard InChI is InChI=1S/C15H17N3O/c16-15(11-2-3-11)8-18(9-15)14-13-7-12(19)4-1-10(13)5-6-17-14/h1,4-7,11,19H,2-3,8-9,16H2. The van der Waals surface area contributed by atoms with Crippen LogP contribution in [0.3, 0.4) is 0 Å². The third kappa shape index (κ3) is 1.67. The Bertz CT molecular complexity index is 645. The molecule has 0 amide bonds. The number of benzene rings is 1. The highest BCUT2D eigenvalue weighted by molar-refractivity contribution is 5.93. The molecule has 1 aromatic carbocycles. The van der Waals surface area contributed by atoms with Gasteiger partial charge >= 0.3 is 0 Å². The minimum Gasteiger partial charge on any atom is -0.508 e. The third-order valence-electron chi connectivity index (χ3n) is 4.39. The summed E-state index contributed by atoms with van der Waals surface area (Å²) < 4.78 is 0. The number of aromatic hydroxyl groups is 1. The van der Waals surface area contributed by atoms with E-state index in [0.29, 0.717) is 5.92 Å². The Morgan fingerprint density at radius 2 is 2.05 bits per heavy atom. The van der Waals surface area contributed by atoms with Gasteiger partial charge in [-0.3, -0.25) is 0 Å². The molecule has 3 N–H and O–H groups in total. The Kier molecular flexibility index (Phi) is 2.10. The smallest absolute Gasteiger partial charge is 0.136 e. The van der Waals surface area contributed by atoms with Gasteiger partial charge in [-0.05, 0) is 42.3 Å². The number of hydrogen-bond acceptors (Lipinski definition) is 4. The van der Waals surface area contributed by atoms with E-state index in [1.54, 1.807) is 12.1 Å². The predicted octanol–water partition coefficient (Wildman–Crippen LogP) is 1.87. The molecular formula is C15H17N3O. The Hall–Kier alpha value is -1.81. The van der Waals surface area contributed by atoms with Gasteiger partial charge in [0, 0.05) is 24.7 Å². The number of rotatable bonds is 2. The lowest BCUT2D eigenvalue weighted by atomic mass is 9.85. The van der Waals surface area contributed by atoms with Crippen LogP contribution in [0, 0.1) is 5.92 Å². The zero-order chi connectivity index (χ0) is 13.0. The van der Waals surface area contributed by atoms with E-state index in [-0.39, 0.29) is 11.3 Å². The first kappa shape index (κ1) is 11.1. The molecule has 4 nitrogen and oxygen atoms in total. The number of phenolic OH excluding ortho intramolecular Hbond substituents is 1. The maximum atomic E-state index is 9.66. The molecule has 19 heavy (non-hydrogen) atoms. The molecule has 2 fully saturated rings. The van der Waals surface area contributed by atoms with Gasteiger partial charge in [-0.1, -0.05) is 6.07 Å². The van der Waals surface area contributed by atoms with Crippen LogP contribution in [-0.4, -0.2) is 28.7 Å². The van der Waals surface area contributed by atoms with Crippen molar-refractivity contribution in [3.63, 3.8) is 0 Å². The second-order valence-corrected chi connectivity index (χ2v) is 5.90. The topological polar surface area (TPSA) is 62.4 Å². The summed E-state index contributed by atoms with van der Waals surface area (Å²) in [5.74, 6) is 1.92. The molecule has 0 radical (unpaired) electrons. The van der Waals surface area contributed by atoms with Crippen molar-refractivity contribution in [1.29, 1.82) is 0 Å². The molecule has 2 aromatic rings. The number of nitrogens with two attached hydrogens (primary N) is 1. The Morgan fingerprint density at radius 3 is 2.79 bits per heavy atom. The van der Waals surface area contributed by atoms with E-state index in [1.165, 1.54) is 12.8 Å². The van der Waals surface area contributed by atoms with Crippen LogP contribution in [0.1, 0.15) is 12.8 Å². The molecule has 0 unspecified atom stereocenters. The number of nitrogens with zero attached hydrogens (tertiary/aromatic N) is 2. The molecule has 1 aliphatic heterocycles. The molecule has 1 aromatic heterocycles. The van der Waals surface area contributed by atoms with Crippen LogP contribution in [0.25, 0.3) is 10.8 Å². The van der Waals surface area contributed by atoms with Gasteiger partial charge in [0.15, 0.2) is 0 Å². The molecule has 1 saturated carbocycles. The summed E-state index contributed by atoms with van der Waals surface area (Å²) in [7, 11) is 0. The predicted molar refractivity (Wildman–Crippen MR) is 75.3 cm³/mol. The van der Waals surface area contributed by atoms with Crippen LogP contribution < -0.4 is 10.6 Å². The lowest BCUT2D eigenvalue weighted by molar-refractivity contribution is 0.290. The van der Waals surface area contributed by atoms with Crippen LogP contribution in [-0.2, 0) is 0 Å². The highest BCUT2D eigenvalue weighted by Crippen LogP contribution is 2.44. The molecule has 98 valence electrons. The minimum absolute atomic E-state index is 0.0132. The first-order valence-electron chi connectivity index (χ1n) is 6.77. The average Bonchev–Trinajstić information content (AvgIpc) is 3.19. The van der Waals surface area contributed by atoms with E-state index < -0.39 is 0 Å². The van der Waals surface area contributed by atoms with E-state index in [9.17, 15) is 5.11 Å². The van der Waals surface area contributed by atoms with Gasteiger partial charge in [0.1, 0.15) is 11.6 Å². The van der Waals surface area contributed by atoms with E-state index in [4.69, 9.17) is 5.73 Å². The lowest BCUT2D eigenvalue weighted by Gasteiger charge is -2.49. The van der Waals surface area contributed by atoms with Crippen LogP contribution >= 0.6 is 0 Å². The quantitative estimate of drug-likeness (QED) is 0.860. The first-order valence-corrected chi connectivity index (χ1v) is 6.77. The molecule has 2 aliphatic rings. The molecule has 0 atom stereocenters.